The van der Waals surface area contributed by atoms with Gasteiger partial charge in [0, 0.05) is 12.6 Å². The van der Waals surface area contributed by atoms with Crippen molar-refractivity contribution in [2.45, 2.75) is 64.0 Å². The lowest BCUT2D eigenvalue weighted by atomic mass is 9.92. The summed E-state index contributed by atoms with van der Waals surface area (Å²) in [7, 11) is 0. The van der Waals surface area contributed by atoms with E-state index in [0.29, 0.717) is 6.04 Å². The van der Waals surface area contributed by atoms with Gasteiger partial charge >= 0.3 is 0 Å². The summed E-state index contributed by atoms with van der Waals surface area (Å²) >= 11 is 0. The topological polar surface area (TPSA) is 32.3 Å². The molecule has 2 nitrogen and oxygen atoms in total. The quantitative estimate of drug-likeness (QED) is 0.870. The van der Waals surface area contributed by atoms with E-state index in [1.807, 2.05) is 0 Å². The Bertz CT molecular complexity index is 447. The summed E-state index contributed by atoms with van der Waals surface area (Å²) < 4.78 is 0. The summed E-state index contributed by atoms with van der Waals surface area (Å²) in [6.07, 6.45) is 6.76. The molecule has 0 radical (unpaired) electrons. The Hall–Kier alpha value is -0.860. The Morgan fingerprint density at radius 1 is 1.05 bits per heavy atom. The lowest BCUT2D eigenvalue weighted by Crippen LogP contribution is -2.47. The molecule has 2 N–H and O–H groups in total. The van der Waals surface area contributed by atoms with Gasteiger partial charge in [-0.3, -0.25) is 0 Å². The molecule has 0 saturated heterocycles. The zero-order valence-corrected chi connectivity index (χ0v) is 13.4. The molecule has 1 fully saturated rings. The Morgan fingerprint density at radius 3 is 2.05 bits per heavy atom. The molecule has 0 heterocycles. The summed E-state index contributed by atoms with van der Waals surface area (Å²) in [6.45, 7) is 4.92. The summed E-state index contributed by atoms with van der Waals surface area (Å²) in [5, 5.41) is 14.3. The van der Waals surface area contributed by atoms with E-state index in [1.54, 1.807) is 11.1 Å². The van der Waals surface area contributed by atoms with E-state index >= 15 is 0 Å². The van der Waals surface area contributed by atoms with Crippen molar-refractivity contribution in [3.8, 4) is 0 Å². The van der Waals surface area contributed by atoms with Crippen molar-refractivity contribution in [2.24, 2.45) is 11.8 Å². The highest BCUT2D eigenvalue weighted by Crippen LogP contribution is 2.40. The highest BCUT2D eigenvalue weighted by molar-refractivity contribution is 5.30. The van der Waals surface area contributed by atoms with Crippen LogP contribution in [-0.2, 0) is 12.8 Å². The first-order chi connectivity index (χ1) is 10.1. The summed E-state index contributed by atoms with van der Waals surface area (Å²) in [5.41, 5.74) is 2.58. The van der Waals surface area contributed by atoms with Crippen LogP contribution in [0, 0.1) is 11.8 Å². The molecule has 0 amide bonds. The number of aliphatic hydroxyl groups is 1. The van der Waals surface area contributed by atoms with Gasteiger partial charge in [0.1, 0.15) is 0 Å². The average molecular weight is 287 g/mol. The van der Waals surface area contributed by atoms with Gasteiger partial charge in [-0.1, -0.05) is 38.1 Å². The smallest absolute Gasteiger partial charge is 0.0766 e. The number of benzene rings is 1. The van der Waals surface area contributed by atoms with E-state index in [0.717, 1.165) is 31.2 Å². The molecule has 2 atom stereocenters. The number of fused-ring (bicyclic) bond motifs is 3. The molecule has 2 unspecified atom stereocenters. The van der Waals surface area contributed by atoms with E-state index in [4.69, 9.17) is 0 Å². The molecule has 0 aromatic heterocycles. The van der Waals surface area contributed by atoms with Gasteiger partial charge in [0.25, 0.3) is 0 Å². The van der Waals surface area contributed by atoms with Crippen molar-refractivity contribution in [2.75, 3.05) is 6.54 Å². The van der Waals surface area contributed by atoms with Gasteiger partial charge in [0.15, 0.2) is 0 Å². The number of rotatable bonds is 5. The molecule has 1 aromatic rings. The zero-order valence-electron chi connectivity index (χ0n) is 13.4. The molecule has 2 aliphatic rings. The maximum Gasteiger partial charge on any atom is 0.0766 e. The highest BCUT2D eigenvalue weighted by Gasteiger charge is 2.39. The molecule has 2 bridgehead atoms. The summed E-state index contributed by atoms with van der Waals surface area (Å²) in [6, 6.07) is 9.55. The molecule has 3 rings (SSSR count). The molecular weight excluding hydrogens is 258 g/mol. The molecular formula is C19H29NO. The predicted molar refractivity (Wildman–Crippen MR) is 87.4 cm³/mol. The summed E-state index contributed by atoms with van der Waals surface area (Å²) in [5.74, 6) is 1.49. The standard InChI is InChI=1S/C19H29NO/c1-3-19(21,4-2)13-20-18-16-9-10-17(18)12-15-8-6-5-7-14(15)11-16/h5-8,16-18,20-21H,3-4,9-13H2,1-2H3. The zero-order chi connectivity index (χ0) is 14.9. The first-order valence-electron chi connectivity index (χ1n) is 8.67. The van der Waals surface area contributed by atoms with Gasteiger partial charge in [0.05, 0.1) is 5.60 Å². The fourth-order valence-electron chi connectivity index (χ4n) is 4.29. The molecule has 21 heavy (non-hydrogen) atoms. The van der Waals surface area contributed by atoms with Gasteiger partial charge in [-0.05, 0) is 61.5 Å². The highest BCUT2D eigenvalue weighted by atomic mass is 16.3. The minimum atomic E-state index is -0.529. The van der Waals surface area contributed by atoms with E-state index in [2.05, 4.69) is 43.4 Å². The normalized spacial score (nSPS) is 28.2. The first-order valence-corrected chi connectivity index (χ1v) is 8.67. The van der Waals surface area contributed by atoms with E-state index in [1.165, 1.54) is 25.7 Å². The number of hydrogen-bond donors (Lipinski definition) is 2. The third-order valence-corrected chi connectivity index (χ3v) is 5.99. The second-order valence-corrected chi connectivity index (χ2v) is 7.11. The van der Waals surface area contributed by atoms with Crippen LogP contribution < -0.4 is 5.32 Å². The van der Waals surface area contributed by atoms with Gasteiger partial charge in [-0.25, -0.2) is 0 Å². The van der Waals surface area contributed by atoms with Gasteiger partial charge in [-0.15, -0.1) is 0 Å². The number of hydrogen-bond acceptors (Lipinski definition) is 2. The van der Waals surface area contributed by atoms with Crippen molar-refractivity contribution in [1.29, 1.82) is 0 Å². The van der Waals surface area contributed by atoms with Crippen LogP contribution in [0.3, 0.4) is 0 Å². The monoisotopic (exact) mass is 287 g/mol. The second-order valence-electron chi connectivity index (χ2n) is 7.11. The first kappa shape index (κ1) is 15.1. The van der Waals surface area contributed by atoms with Crippen molar-refractivity contribution >= 4 is 0 Å². The van der Waals surface area contributed by atoms with Crippen molar-refractivity contribution in [3.05, 3.63) is 35.4 Å². The molecule has 0 spiro atoms. The minimum Gasteiger partial charge on any atom is -0.389 e. The average Bonchev–Trinajstić information content (AvgIpc) is 2.79. The van der Waals surface area contributed by atoms with Crippen molar-refractivity contribution < 1.29 is 5.11 Å². The predicted octanol–water partition coefficient (Wildman–Crippen LogP) is 3.32. The van der Waals surface area contributed by atoms with E-state index < -0.39 is 5.60 Å². The van der Waals surface area contributed by atoms with Crippen LogP contribution in [0.2, 0.25) is 0 Å². The molecule has 1 saturated carbocycles. The molecule has 116 valence electrons. The van der Waals surface area contributed by atoms with E-state index in [-0.39, 0.29) is 0 Å². The minimum absolute atomic E-state index is 0.529. The van der Waals surface area contributed by atoms with Crippen LogP contribution in [-0.4, -0.2) is 23.3 Å². The molecule has 0 aliphatic heterocycles. The maximum absolute atomic E-state index is 10.5. The Kier molecular flexibility index (Phi) is 4.37. The van der Waals surface area contributed by atoms with Crippen LogP contribution in [0.1, 0.15) is 50.7 Å². The molecule has 1 aromatic carbocycles. The van der Waals surface area contributed by atoms with E-state index in [9.17, 15) is 5.11 Å². The Labute approximate surface area is 129 Å². The third-order valence-electron chi connectivity index (χ3n) is 5.99. The summed E-state index contributed by atoms with van der Waals surface area (Å²) in [4.78, 5) is 0. The lowest BCUT2D eigenvalue weighted by molar-refractivity contribution is 0.0271. The lowest BCUT2D eigenvalue weighted by Gasteiger charge is -2.31. The maximum atomic E-state index is 10.5. The fraction of sp³-hybridized carbons (Fsp3) is 0.684. The van der Waals surface area contributed by atoms with Crippen LogP contribution in [0.4, 0.5) is 0 Å². The Balaban J connectivity index is 1.71. The number of nitrogens with one attached hydrogen (secondary N) is 1. The second kappa shape index (κ2) is 6.10. The molecule has 2 aliphatic carbocycles. The molecule has 2 heteroatoms. The van der Waals surface area contributed by atoms with Crippen molar-refractivity contribution in [1.82, 2.24) is 5.32 Å². The Morgan fingerprint density at radius 2 is 1.57 bits per heavy atom. The van der Waals surface area contributed by atoms with Gasteiger partial charge in [-0.2, -0.15) is 0 Å². The van der Waals surface area contributed by atoms with Gasteiger partial charge in [0.2, 0.25) is 0 Å². The van der Waals surface area contributed by atoms with Crippen LogP contribution in [0.5, 0.6) is 0 Å². The van der Waals surface area contributed by atoms with Crippen LogP contribution >= 0.6 is 0 Å². The third kappa shape index (κ3) is 3.02. The van der Waals surface area contributed by atoms with Crippen LogP contribution in [0.15, 0.2) is 24.3 Å². The van der Waals surface area contributed by atoms with Gasteiger partial charge < -0.3 is 10.4 Å². The largest absolute Gasteiger partial charge is 0.389 e. The van der Waals surface area contributed by atoms with Crippen LogP contribution in [0.25, 0.3) is 0 Å². The fourth-order valence-corrected chi connectivity index (χ4v) is 4.29. The SMILES string of the molecule is CCC(O)(CC)CNC1C2CCC1Cc1ccccc1C2. The van der Waals surface area contributed by atoms with Crippen molar-refractivity contribution in [3.63, 3.8) is 0 Å².